The van der Waals surface area contributed by atoms with E-state index < -0.39 is 0 Å². The van der Waals surface area contributed by atoms with Crippen molar-refractivity contribution in [1.82, 2.24) is 34.1 Å². The molecule has 0 aliphatic carbocycles. The smallest absolute Gasteiger partial charge is 0.137 e. The lowest BCUT2D eigenvalue weighted by Gasteiger charge is -2.29. The Bertz CT molecular complexity index is 3290. The van der Waals surface area contributed by atoms with E-state index in [9.17, 15) is 8.78 Å². The van der Waals surface area contributed by atoms with Crippen LogP contribution in [0.25, 0.3) is 78.1 Å². The van der Waals surface area contributed by atoms with Gasteiger partial charge in [0.05, 0.1) is 34.3 Å². The number of piperazine rings is 1. The molecule has 13 heteroatoms. The Labute approximate surface area is 367 Å². The van der Waals surface area contributed by atoms with Crippen molar-refractivity contribution in [3.63, 3.8) is 0 Å². The van der Waals surface area contributed by atoms with E-state index in [0.29, 0.717) is 32.6 Å². The molecule has 1 aliphatic rings. The van der Waals surface area contributed by atoms with Crippen LogP contribution in [0.3, 0.4) is 0 Å². The fourth-order valence-electron chi connectivity index (χ4n) is 7.89. The second kappa shape index (κ2) is 16.3. The summed E-state index contributed by atoms with van der Waals surface area (Å²) in [5, 5.41) is 6.33. The van der Waals surface area contributed by atoms with E-state index >= 15 is 0 Å². The van der Waals surface area contributed by atoms with Crippen LogP contribution in [-0.2, 0) is 0 Å². The lowest BCUT2D eigenvalue weighted by atomic mass is 10.0. The first kappa shape index (κ1) is 38.9. The minimum atomic E-state index is -0.362. The number of nitrogens with one attached hydrogen (secondary N) is 1. The van der Waals surface area contributed by atoms with Gasteiger partial charge < -0.3 is 10.2 Å². The van der Waals surface area contributed by atoms with Crippen LogP contribution in [0, 0.1) is 11.6 Å². The Morgan fingerprint density at radius 1 is 0.574 bits per heavy atom. The molecule has 61 heavy (non-hydrogen) atoms. The predicted octanol–water partition coefficient (Wildman–Crippen LogP) is 12.2. The molecule has 6 aromatic heterocycles. The Hall–Kier alpha value is -6.24. The second-order valence-corrected chi connectivity index (χ2v) is 16.4. The van der Waals surface area contributed by atoms with E-state index in [-0.39, 0.29) is 11.6 Å². The van der Waals surface area contributed by atoms with Gasteiger partial charge in [0.2, 0.25) is 0 Å². The average Bonchev–Trinajstić information content (AvgIpc) is 3.87. The zero-order valence-electron chi connectivity index (χ0n) is 32.2. The van der Waals surface area contributed by atoms with Crippen molar-refractivity contribution in [2.75, 3.05) is 31.1 Å². The third kappa shape index (κ3) is 7.59. The SMILES string of the molecule is Fc1ccc(Cl)cc1-c1nc2ccccn2c1-c1ccc2ncc(Br)cc2c1.Fc1ccc(Cl)cc1-c1nc2ccccn2c1-c1ccc2ncc(N3CCNCC3)cc2c1. The minimum absolute atomic E-state index is 0.354. The lowest BCUT2D eigenvalue weighted by Crippen LogP contribution is -2.43. The molecule has 0 spiro atoms. The summed E-state index contributed by atoms with van der Waals surface area (Å²) in [6.07, 6.45) is 7.58. The van der Waals surface area contributed by atoms with Crippen molar-refractivity contribution in [1.29, 1.82) is 0 Å². The number of fused-ring (bicyclic) bond motifs is 4. The molecule has 4 aromatic carbocycles. The molecular weight excluding hydrogens is 877 g/mol. The Kier molecular flexibility index (Phi) is 10.4. The van der Waals surface area contributed by atoms with Crippen LogP contribution in [0.15, 0.2) is 151 Å². The Morgan fingerprint density at radius 2 is 1.10 bits per heavy atom. The zero-order valence-corrected chi connectivity index (χ0v) is 35.3. The summed E-state index contributed by atoms with van der Waals surface area (Å²) < 4.78 is 34.4. The van der Waals surface area contributed by atoms with Crippen LogP contribution < -0.4 is 10.2 Å². The number of aromatic nitrogens is 6. The van der Waals surface area contributed by atoms with Crippen molar-refractivity contribution >= 4 is 77.9 Å². The number of pyridine rings is 4. The van der Waals surface area contributed by atoms with Crippen molar-refractivity contribution in [3.8, 4) is 45.0 Å². The number of anilines is 1. The first-order chi connectivity index (χ1) is 29.8. The maximum Gasteiger partial charge on any atom is 0.137 e. The summed E-state index contributed by atoms with van der Waals surface area (Å²) in [4.78, 5) is 20.9. The van der Waals surface area contributed by atoms with Gasteiger partial charge >= 0.3 is 0 Å². The van der Waals surface area contributed by atoms with Gasteiger partial charge in [0.1, 0.15) is 34.3 Å². The molecule has 1 saturated heterocycles. The van der Waals surface area contributed by atoms with Crippen LogP contribution >= 0.6 is 39.1 Å². The Balaban J connectivity index is 0.000000148. The standard InChI is InChI=1S/C26H21ClFN5.C22H12BrClFN3/c27-19-5-6-22(28)21(15-19)25-26(33-10-2-1-3-24(33)31-25)17-4-7-23-18(13-17)14-20(16-30-23)32-11-8-29-9-12-32;23-15-10-14-9-13(4-7-19(14)26-12-15)22-21(17-11-16(24)5-6-18(17)25)27-20-3-1-2-8-28(20)22/h1-7,10,13-16,29H,8-9,11-12H2;1-12H. The molecule has 8 nitrogen and oxygen atoms in total. The Morgan fingerprint density at radius 3 is 1.66 bits per heavy atom. The molecule has 10 aromatic rings. The van der Waals surface area contributed by atoms with Gasteiger partial charge in [0.15, 0.2) is 0 Å². The van der Waals surface area contributed by atoms with Gasteiger partial charge in [-0.05, 0) is 113 Å². The largest absolute Gasteiger partial charge is 0.368 e. The van der Waals surface area contributed by atoms with Crippen LogP contribution in [0.5, 0.6) is 0 Å². The van der Waals surface area contributed by atoms with Gasteiger partial charge in [-0.3, -0.25) is 18.8 Å². The molecule has 300 valence electrons. The lowest BCUT2D eigenvalue weighted by molar-refractivity contribution is 0.589. The number of halogens is 5. The van der Waals surface area contributed by atoms with E-state index in [0.717, 1.165) is 92.0 Å². The van der Waals surface area contributed by atoms with Crippen LogP contribution in [0.4, 0.5) is 14.5 Å². The quantitative estimate of drug-likeness (QED) is 0.185. The highest BCUT2D eigenvalue weighted by Gasteiger charge is 2.21. The minimum Gasteiger partial charge on any atom is -0.368 e. The third-order valence-corrected chi connectivity index (χ3v) is 11.7. The van der Waals surface area contributed by atoms with Crippen molar-refractivity contribution in [2.24, 2.45) is 0 Å². The van der Waals surface area contributed by atoms with Crippen molar-refractivity contribution in [2.45, 2.75) is 0 Å². The predicted molar refractivity (Wildman–Crippen MR) is 245 cm³/mol. The number of hydrogen-bond donors (Lipinski definition) is 1. The highest BCUT2D eigenvalue weighted by Crippen LogP contribution is 2.38. The monoisotopic (exact) mass is 908 g/mol. The molecule has 0 saturated carbocycles. The van der Waals surface area contributed by atoms with Gasteiger partial charge in [-0.15, -0.1) is 0 Å². The molecule has 0 bridgehead atoms. The van der Waals surface area contributed by atoms with Gasteiger partial charge in [-0.1, -0.05) is 47.5 Å². The molecular formula is C48H33BrCl2F2N8. The summed E-state index contributed by atoms with van der Waals surface area (Å²) in [6.45, 7) is 3.85. The number of hydrogen-bond acceptors (Lipinski definition) is 6. The number of nitrogens with zero attached hydrogens (tertiary/aromatic N) is 7. The molecule has 7 heterocycles. The molecule has 0 amide bonds. The van der Waals surface area contributed by atoms with E-state index in [1.54, 1.807) is 24.4 Å². The maximum absolute atomic E-state index is 14.9. The molecule has 1 fully saturated rings. The fourth-order valence-corrected chi connectivity index (χ4v) is 8.59. The van der Waals surface area contributed by atoms with E-state index in [4.69, 9.17) is 33.2 Å². The van der Waals surface area contributed by atoms with Crippen LogP contribution in [-0.4, -0.2) is 54.9 Å². The fraction of sp³-hybridized carbons (Fsp3) is 0.0833. The highest BCUT2D eigenvalue weighted by molar-refractivity contribution is 9.10. The average molecular weight is 911 g/mol. The maximum atomic E-state index is 14.9. The molecule has 1 aliphatic heterocycles. The normalized spacial score (nSPS) is 13.0. The molecule has 11 rings (SSSR count). The molecule has 0 unspecified atom stereocenters. The van der Waals surface area contributed by atoms with E-state index in [2.05, 4.69) is 48.2 Å². The first-order valence-corrected chi connectivity index (χ1v) is 21.1. The van der Waals surface area contributed by atoms with Crippen molar-refractivity contribution < 1.29 is 8.78 Å². The molecule has 0 atom stereocenters. The van der Waals surface area contributed by atoms with Gasteiger partial charge in [-0.2, -0.15) is 0 Å². The zero-order chi connectivity index (χ0) is 41.6. The van der Waals surface area contributed by atoms with E-state index in [1.807, 2.05) is 100 Å². The summed E-state index contributed by atoms with van der Waals surface area (Å²) >= 11 is 15.8. The summed E-state index contributed by atoms with van der Waals surface area (Å²) in [5.74, 6) is -0.716. The van der Waals surface area contributed by atoms with Crippen LogP contribution in [0.2, 0.25) is 10.0 Å². The van der Waals surface area contributed by atoms with Gasteiger partial charge in [0.25, 0.3) is 0 Å². The topological polar surface area (TPSA) is 75.6 Å². The van der Waals surface area contributed by atoms with E-state index in [1.165, 1.54) is 18.2 Å². The van der Waals surface area contributed by atoms with Gasteiger partial charge in [-0.25, -0.2) is 18.7 Å². The van der Waals surface area contributed by atoms with Crippen molar-refractivity contribution in [3.05, 3.63) is 172 Å². The third-order valence-electron chi connectivity index (χ3n) is 10.8. The summed E-state index contributed by atoms with van der Waals surface area (Å²) in [6, 6.07) is 36.9. The number of rotatable bonds is 5. The molecule has 1 N–H and O–H groups in total. The van der Waals surface area contributed by atoms with Crippen LogP contribution in [0.1, 0.15) is 0 Å². The molecule has 0 radical (unpaired) electrons. The summed E-state index contributed by atoms with van der Waals surface area (Å²) in [7, 11) is 0. The highest BCUT2D eigenvalue weighted by atomic mass is 79.9. The second-order valence-electron chi connectivity index (χ2n) is 14.6. The number of benzene rings is 4. The first-order valence-electron chi connectivity index (χ1n) is 19.5. The summed E-state index contributed by atoms with van der Waals surface area (Å²) in [5.41, 5.74) is 9.75. The number of imidazole rings is 2. The van der Waals surface area contributed by atoms with Gasteiger partial charge in [0, 0.05) is 92.3 Å².